The van der Waals surface area contributed by atoms with Gasteiger partial charge in [0.1, 0.15) is 32.6 Å². The van der Waals surface area contributed by atoms with Gasteiger partial charge < -0.3 is 5.11 Å². The van der Waals surface area contributed by atoms with E-state index in [2.05, 4.69) is 47.2 Å². The van der Waals surface area contributed by atoms with Crippen LogP contribution in [0.15, 0.2) is 0 Å². The lowest BCUT2D eigenvalue weighted by Crippen LogP contribution is -2.38. The fraction of sp³-hybridized carbons (Fsp3) is 0.857. The molecule has 0 saturated heterocycles. The van der Waals surface area contributed by atoms with Crippen LogP contribution in [-0.2, 0) is 0 Å². The van der Waals surface area contributed by atoms with E-state index in [-0.39, 0.29) is 44.9 Å². The molecule has 5 heteroatoms. The SMILES string of the molecule is [B][C@@H]1[C@H]2C[C@@]2(CC(C)(C)[P+](=C)C(C[P+](=C)CC)[P+](=C)CC)[C@@H](C)[C@@]1(C)O. The molecule has 0 aromatic rings. The summed E-state index contributed by atoms with van der Waals surface area (Å²) in [5, 5.41) is 11.7. The third-order valence-electron chi connectivity index (χ3n) is 7.62. The van der Waals surface area contributed by atoms with Crippen LogP contribution in [0.25, 0.3) is 0 Å². The summed E-state index contributed by atoms with van der Waals surface area (Å²) in [6.07, 6.45) is 19.7. The second kappa shape index (κ2) is 7.75. The molecule has 0 aromatic heterocycles. The molecule has 144 valence electrons. The molecule has 4 unspecified atom stereocenters. The van der Waals surface area contributed by atoms with E-state index in [4.69, 9.17) is 14.1 Å². The average molecular weight is 411 g/mol. The Morgan fingerprint density at radius 3 is 2.23 bits per heavy atom. The lowest BCUT2D eigenvalue weighted by Gasteiger charge is -2.35. The average Bonchev–Trinajstić information content (AvgIpc) is 3.27. The highest BCUT2D eigenvalue weighted by Crippen LogP contribution is 2.77. The number of fused-ring (bicyclic) bond motifs is 1. The summed E-state index contributed by atoms with van der Waals surface area (Å²) in [5.41, 5.74) is -0.500. The topological polar surface area (TPSA) is 20.2 Å². The van der Waals surface area contributed by atoms with Gasteiger partial charge in [-0.2, -0.15) is 0 Å². The third-order valence-corrected chi connectivity index (χ3v) is 16.2. The summed E-state index contributed by atoms with van der Waals surface area (Å²) in [5.74, 6) is 0.680. The van der Waals surface area contributed by atoms with E-state index in [1.807, 2.05) is 6.92 Å². The number of hydrogen-bond acceptors (Lipinski definition) is 1. The molecule has 0 bridgehead atoms. The molecule has 9 atom stereocenters. The predicted molar refractivity (Wildman–Crippen MR) is 130 cm³/mol. The number of aliphatic hydroxyl groups is 1. The zero-order chi connectivity index (χ0) is 20.1. The number of rotatable bonds is 9. The van der Waals surface area contributed by atoms with Crippen LogP contribution in [-0.4, -0.2) is 66.5 Å². The van der Waals surface area contributed by atoms with Crippen molar-refractivity contribution in [1.82, 2.24) is 0 Å². The van der Waals surface area contributed by atoms with E-state index >= 15 is 0 Å². The van der Waals surface area contributed by atoms with E-state index in [0.717, 1.165) is 6.42 Å². The second-order valence-corrected chi connectivity index (χ2v) is 17.5. The molecule has 0 aromatic carbocycles. The summed E-state index contributed by atoms with van der Waals surface area (Å²) in [6, 6.07) is 0. The van der Waals surface area contributed by atoms with Crippen molar-refractivity contribution in [2.45, 2.75) is 76.4 Å². The van der Waals surface area contributed by atoms with Crippen LogP contribution in [0.4, 0.5) is 0 Å². The van der Waals surface area contributed by atoms with Gasteiger partial charge >= 0.3 is 0 Å². The highest BCUT2D eigenvalue weighted by atomic mass is 31.2. The molecule has 2 rings (SSSR count). The van der Waals surface area contributed by atoms with Gasteiger partial charge in [0, 0.05) is 0 Å². The molecule has 26 heavy (non-hydrogen) atoms. The first kappa shape index (κ1) is 22.8. The molecule has 0 aliphatic heterocycles. The molecule has 2 aliphatic rings. The summed E-state index contributed by atoms with van der Waals surface area (Å²) in [6.45, 7) is 13.6. The van der Waals surface area contributed by atoms with Crippen LogP contribution < -0.4 is 0 Å². The van der Waals surface area contributed by atoms with Crippen molar-refractivity contribution in [2.24, 2.45) is 17.3 Å². The molecule has 2 saturated carbocycles. The van der Waals surface area contributed by atoms with Crippen molar-refractivity contribution in [3.8, 4) is 0 Å². The molecule has 0 amide bonds. The lowest BCUT2D eigenvalue weighted by molar-refractivity contribution is -0.00301. The highest BCUT2D eigenvalue weighted by molar-refractivity contribution is 7.75. The van der Waals surface area contributed by atoms with Crippen molar-refractivity contribution >= 4 is 49.4 Å². The fourth-order valence-corrected chi connectivity index (χ4v) is 13.8. The summed E-state index contributed by atoms with van der Waals surface area (Å²) < 4.78 is 0. The standard InChI is InChI=1S/C21H39BOP3/c1-10-24(7)13-17(25(8)11-2)26(9)19(4,5)14-21-12-16(21)18(22)20(6,23)15(21)3/h15-18,23H,7-14H2,1-6H3/q+3/t15-,16+,17?,18+,20+,21+/m0/s1. The van der Waals surface area contributed by atoms with E-state index in [1.165, 1.54) is 24.9 Å². The Hall–Kier alpha value is 0.535. The van der Waals surface area contributed by atoms with Crippen LogP contribution in [0.5, 0.6) is 0 Å². The first-order valence-electron chi connectivity index (χ1n) is 10.1. The molecular formula is C21H39BOP3+3. The van der Waals surface area contributed by atoms with Gasteiger partial charge in [-0.1, -0.05) is 6.92 Å². The molecule has 1 nitrogen and oxygen atoms in total. The van der Waals surface area contributed by atoms with Crippen LogP contribution in [0, 0.1) is 17.3 Å². The summed E-state index contributed by atoms with van der Waals surface area (Å²) in [7, 11) is 5.66. The molecule has 1 N–H and O–H groups in total. The van der Waals surface area contributed by atoms with Gasteiger partial charge in [0.25, 0.3) is 5.40 Å². The highest BCUT2D eigenvalue weighted by Gasteiger charge is 2.73. The monoisotopic (exact) mass is 411 g/mol. The lowest BCUT2D eigenvalue weighted by atomic mass is 9.69. The normalized spacial score (nSPS) is 39.2. The molecule has 2 aliphatic carbocycles. The van der Waals surface area contributed by atoms with Crippen molar-refractivity contribution in [1.29, 1.82) is 0 Å². The fourth-order valence-electron chi connectivity index (χ4n) is 5.26. The van der Waals surface area contributed by atoms with Crippen molar-refractivity contribution in [3.63, 3.8) is 0 Å². The Kier molecular flexibility index (Phi) is 6.80. The predicted octanol–water partition coefficient (Wildman–Crippen LogP) is 5.63. The molecular weight excluding hydrogens is 372 g/mol. The maximum atomic E-state index is 10.9. The zero-order valence-electron chi connectivity index (χ0n) is 17.8. The number of hydrogen-bond donors (Lipinski definition) is 1. The quantitative estimate of drug-likeness (QED) is 0.385. The second-order valence-electron chi connectivity index (χ2n) is 9.53. The van der Waals surface area contributed by atoms with Crippen molar-refractivity contribution in [3.05, 3.63) is 0 Å². The van der Waals surface area contributed by atoms with Gasteiger partial charge in [-0.15, -0.1) is 0 Å². The van der Waals surface area contributed by atoms with Crippen LogP contribution in [0.3, 0.4) is 0 Å². The maximum absolute atomic E-state index is 10.9. The van der Waals surface area contributed by atoms with E-state index in [1.54, 1.807) is 0 Å². The Labute approximate surface area is 166 Å². The Bertz CT molecular complexity index is 612. The van der Waals surface area contributed by atoms with E-state index in [9.17, 15) is 5.11 Å². The van der Waals surface area contributed by atoms with E-state index in [0.29, 0.717) is 11.3 Å². The minimum Gasteiger partial charge on any atom is -0.390 e. The molecule has 0 heterocycles. The summed E-state index contributed by atoms with van der Waals surface area (Å²) >= 11 is 0. The largest absolute Gasteiger partial charge is 0.390 e. The maximum Gasteiger partial charge on any atom is 0.300 e. The molecule has 2 radical (unpaired) electrons. The van der Waals surface area contributed by atoms with Gasteiger partial charge in [0.2, 0.25) is 0 Å². The Morgan fingerprint density at radius 1 is 1.23 bits per heavy atom. The van der Waals surface area contributed by atoms with Gasteiger partial charge in [-0.05, 0) is 70.5 Å². The minimum absolute atomic E-state index is 0.0754. The van der Waals surface area contributed by atoms with Gasteiger partial charge in [0.15, 0.2) is 6.16 Å². The minimum atomic E-state index is -0.728. The third kappa shape index (κ3) is 3.83. The van der Waals surface area contributed by atoms with Crippen LogP contribution in [0.1, 0.15) is 54.4 Å². The first-order chi connectivity index (χ1) is 11.8. The molecule has 0 spiro atoms. The van der Waals surface area contributed by atoms with Crippen molar-refractivity contribution in [2.75, 3.05) is 18.5 Å². The van der Waals surface area contributed by atoms with Gasteiger partial charge in [0.05, 0.1) is 39.9 Å². The van der Waals surface area contributed by atoms with E-state index < -0.39 is 5.60 Å². The van der Waals surface area contributed by atoms with Crippen LogP contribution in [0.2, 0.25) is 5.82 Å². The first-order valence-corrected chi connectivity index (χ1v) is 15.3. The van der Waals surface area contributed by atoms with Crippen LogP contribution >= 0.6 is 22.6 Å². The smallest absolute Gasteiger partial charge is 0.300 e. The zero-order valence-corrected chi connectivity index (χ0v) is 20.5. The summed E-state index contributed by atoms with van der Waals surface area (Å²) in [4.78, 5) is 0. The van der Waals surface area contributed by atoms with Gasteiger partial charge in [-0.3, -0.25) is 0 Å². The Balaban J connectivity index is 2.22. The van der Waals surface area contributed by atoms with Gasteiger partial charge in [-0.25, -0.2) is 0 Å². The Morgan fingerprint density at radius 2 is 1.81 bits per heavy atom. The van der Waals surface area contributed by atoms with Crippen molar-refractivity contribution < 1.29 is 5.11 Å². The molecule has 2 fully saturated rings.